The van der Waals surface area contributed by atoms with Gasteiger partial charge in [0.05, 0.1) is 25.7 Å². The van der Waals surface area contributed by atoms with Gasteiger partial charge in [0.2, 0.25) is 0 Å². The van der Waals surface area contributed by atoms with E-state index >= 15 is 0 Å². The monoisotopic (exact) mass is 562 g/mol. The van der Waals surface area contributed by atoms with Crippen LogP contribution in [0.15, 0.2) is 24.3 Å². The fourth-order valence-corrected chi connectivity index (χ4v) is 9.66. The lowest BCUT2D eigenvalue weighted by Crippen LogP contribution is -2.63. The molecule has 10 heteroatoms. The predicted molar refractivity (Wildman–Crippen MR) is 140 cm³/mol. The van der Waals surface area contributed by atoms with Crippen LogP contribution in [0, 0.1) is 34.5 Å². The minimum atomic E-state index is -1.15. The van der Waals surface area contributed by atoms with Crippen LogP contribution in [0.3, 0.4) is 0 Å². The van der Waals surface area contributed by atoms with Crippen LogP contribution < -0.4 is 0 Å². The second kappa shape index (κ2) is 9.88. The van der Waals surface area contributed by atoms with Crippen molar-refractivity contribution in [2.75, 3.05) is 42.2 Å². The van der Waals surface area contributed by atoms with Crippen molar-refractivity contribution < 1.29 is 47.5 Å². The lowest BCUT2D eigenvalue weighted by molar-refractivity contribution is -0.325. The van der Waals surface area contributed by atoms with Crippen molar-refractivity contribution in [3.8, 4) is 0 Å². The van der Waals surface area contributed by atoms with Crippen LogP contribution in [0.1, 0.15) is 32.6 Å². The van der Waals surface area contributed by atoms with Gasteiger partial charge in [0.25, 0.3) is 0 Å². The van der Waals surface area contributed by atoms with E-state index in [2.05, 4.69) is 6.58 Å². The van der Waals surface area contributed by atoms with E-state index in [0.29, 0.717) is 5.92 Å². The van der Waals surface area contributed by atoms with Crippen LogP contribution in [0.2, 0.25) is 0 Å². The summed E-state index contributed by atoms with van der Waals surface area (Å²) in [5, 5.41) is 0. The van der Waals surface area contributed by atoms with Gasteiger partial charge in [-0.25, -0.2) is 0 Å². The highest BCUT2D eigenvalue weighted by Crippen LogP contribution is 2.77. The molecule has 2 unspecified atom stereocenters. The van der Waals surface area contributed by atoms with Gasteiger partial charge in [0, 0.05) is 40.3 Å². The summed E-state index contributed by atoms with van der Waals surface area (Å²) >= 11 is 0. The number of carbonyl (C=O) groups is 2. The Morgan fingerprint density at radius 1 is 1.07 bits per heavy atom. The number of esters is 2. The Labute approximate surface area is 235 Å². The SMILES string of the molecule is C=C1C[C@]23CC1CC[C@H]2[C@@]12C=C[C@H](O[C@@H]4O[C@H](COC)[C@@H](OC)[C@H](OC)[C@H]4OC)C(C)(C(=O)O1)[C@H]2[C@@H]3C(=O)OC. The van der Waals surface area contributed by atoms with E-state index in [4.69, 9.17) is 37.9 Å². The second-order valence-corrected chi connectivity index (χ2v) is 12.6. The summed E-state index contributed by atoms with van der Waals surface area (Å²) in [4.78, 5) is 27.6. The Morgan fingerprint density at radius 3 is 2.45 bits per heavy atom. The molecule has 13 atom stereocenters. The topological polar surface area (TPSA) is 108 Å². The lowest BCUT2D eigenvalue weighted by Gasteiger charge is -2.47. The van der Waals surface area contributed by atoms with Gasteiger partial charge in [0.1, 0.15) is 35.4 Å². The number of allylic oxidation sites excluding steroid dienone is 1. The second-order valence-electron chi connectivity index (χ2n) is 12.6. The highest BCUT2D eigenvalue weighted by atomic mass is 16.7. The van der Waals surface area contributed by atoms with Crippen molar-refractivity contribution in [2.24, 2.45) is 34.5 Å². The number of rotatable bonds is 8. The van der Waals surface area contributed by atoms with Gasteiger partial charge in [-0.05, 0) is 50.0 Å². The molecule has 0 aromatic heterocycles. The normalized spacial score (nSPS) is 50.5. The molecule has 3 saturated carbocycles. The van der Waals surface area contributed by atoms with E-state index in [1.165, 1.54) is 12.7 Å². The fraction of sp³-hybridized carbons (Fsp3) is 0.800. The molecule has 10 nitrogen and oxygen atoms in total. The van der Waals surface area contributed by atoms with Crippen molar-refractivity contribution >= 4 is 11.9 Å². The van der Waals surface area contributed by atoms with Gasteiger partial charge >= 0.3 is 11.9 Å². The Kier molecular flexibility index (Phi) is 6.99. The number of fused-ring (bicyclic) bond motifs is 1. The minimum absolute atomic E-state index is 0.0108. The number of hydrogen-bond acceptors (Lipinski definition) is 10. The molecule has 2 aliphatic heterocycles. The number of carbonyl (C=O) groups excluding carboxylic acids is 2. The summed E-state index contributed by atoms with van der Waals surface area (Å²) in [5.74, 6) is -1.24. The summed E-state index contributed by atoms with van der Waals surface area (Å²) in [6.45, 7) is 6.49. The van der Waals surface area contributed by atoms with Crippen LogP contribution in [0.5, 0.6) is 0 Å². The van der Waals surface area contributed by atoms with Crippen molar-refractivity contribution in [1.29, 1.82) is 0 Å². The maximum Gasteiger partial charge on any atom is 0.316 e. The van der Waals surface area contributed by atoms with Gasteiger partial charge < -0.3 is 37.9 Å². The van der Waals surface area contributed by atoms with Gasteiger partial charge in [-0.3, -0.25) is 9.59 Å². The number of hydrogen-bond donors (Lipinski definition) is 0. The largest absolute Gasteiger partial charge is 0.469 e. The molecular formula is C30H42O10. The Bertz CT molecular complexity index is 1090. The molecule has 4 aliphatic carbocycles. The zero-order valence-corrected chi connectivity index (χ0v) is 24.3. The minimum Gasteiger partial charge on any atom is -0.469 e. The molecule has 6 aliphatic rings. The molecule has 0 N–H and O–H groups in total. The number of ether oxygens (including phenoxy) is 8. The third kappa shape index (κ3) is 3.50. The first-order chi connectivity index (χ1) is 19.2. The molecule has 40 heavy (non-hydrogen) atoms. The summed E-state index contributed by atoms with van der Waals surface area (Å²) in [6, 6.07) is 0. The molecule has 2 saturated heterocycles. The van der Waals surface area contributed by atoms with Crippen LogP contribution >= 0.6 is 0 Å². The van der Waals surface area contributed by atoms with Crippen molar-refractivity contribution in [2.45, 2.75) is 75.0 Å². The first kappa shape index (κ1) is 28.3. The molecule has 5 fully saturated rings. The van der Waals surface area contributed by atoms with E-state index in [9.17, 15) is 9.59 Å². The molecule has 0 radical (unpaired) electrons. The summed E-state index contributed by atoms with van der Waals surface area (Å²) in [5.41, 5.74) is -1.20. The molecule has 0 aromatic carbocycles. The third-order valence-corrected chi connectivity index (χ3v) is 11.2. The Morgan fingerprint density at radius 2 is 1.80 bits per heavy atom. The highest BCUT2D eigenvalue weighted by Gasteiger charge is 2.82. The molecule has 0 amide bonds. The average Bonchev–Trinajstić information content (AvgIpc) is 3.41. The quantitative estimate of drug-likeness (QED) is 0.323. The van der Waals surface area contributed by atoms with E-state index in [1.807, 2.05) is 19.1 Å². The fourth-order valence-electron chi connectivity index (χ4n) is 9.66. The smallest absolute Gasteiger partial charge is 0.316 e. The standard InChI is InChI=1S/C30H42O10/c1-15-12-29-13-16(15)8-9-18(29)30-11-10-19(28(2,27(32)40-30)24(30)20(29)25(31)37-7)39-26-23(36-6)22(35-5)21(34-4)17(38-26)14-33-3/h10-11,16-24,26H,1,8-9,12-14H2,2-7H3/t16?,17-,18-,19+,20-,21-,22+,23-,24-,26+,28?,29+,30-/m1/s1. The summed E-state index contributed by atoms with van der Waals surface area (Å²) in [6.07, 6.45) is 3.64. The molecule has 4 bridgehead atoms. The molecule has 6 rings (SSSR count). The van der Waals surface area contributed by atoms with Crippen LogP contribution in [0.4, 0.5) is 0 Å². The first-order valence-corrected chi connectivity index (χ1v) is 14.2. The van der Waals surface area contributed by atoms with Crippen molar-refractivity contribution in [3.05, 3.63) is 24.3 Å². The Balaban J connectivity index is 1.39. The zero-order chi connectivity index (χ0) is 28.6. The molecule has 2 heterocycles. The van der Waals surface area contributed by atoms with Crippen LogP contribution in [0.25, 0.3) is 0 Å². The average molecular weight is 563 g/mol. The van der Waals surface area contributed by atoms with Gasteiger partial charge in [-0.2, -0.15) is 0 Å². The molecular weight excluding hydrogens is 520 g/mol. The summed E-state index contributed by atoms with van der Waals surface area (Å²) in [7, 11) is 7.75. The highest BCUT2D eigenvalue weighted by molar-refractivity contribution is 5.87. The van der Waals surface area contributed by atoms with Gasteiger partial charge in [-0.1, -0.05) is 18.2 Å². The molecule has 1 spiro atoms. The maximum absolute atomic E-state index is 13.9. The van der Waals surface area contributed by atoms with Crippen molar-refractivity contribution in [1.82, 2.24) is 0 Å². The van der Waals surface area contributed by atoms with Crippen LogP contribution in [-0.4, -0.2) is 96.5 Å². The number of methoxy groups -OCH3 is 5. The Hall–Kier alpha value is -1.82. The van der Waals surface area contributed by atoms with E-state index in [0.717, 1.165) is 25.7 Å². The lowest BCUT2D eigenvalue weighted by atomic mass is 9.61. The molecule has 222 valence electrons. The zero-order valence-electron chi connectivity index (χ0n) is 24.3. The predicted octanol–water partition coefficient (Wildman–Crippen LogP) is 2.44. The van der Waals surface area contributed by atoms with Gasteiger partial charge in [0.15, 0.2) is 6.29 Å². The van der Waals surface area contributed by atoms with E-state index < -0.39 is 59.7 Å². The third-order valence-electron chi connectivity index (χ3n) is 11.2. The van der Waals surface area contributed by atoms with Crippen LogP contribution in [-0.2, 0) is 47.5 Å². The molecule has 0 aromatic rings. The van der Waals surface area contributed by atoms with E-state index in [-0.39, 0.29) is 29.9 Å². The van der Waals surface area contributed by atoms with E-state index in [1.54, 1.807) is 28.4 Å². The maximum atomic E-state index is 13.9. The first-order valence-electron chi connectivity index (χ1n) is 14.2. The van der Waals surface area contributed by atoms with Gasteiger partial charge in [-0.15, -0.1) is 0 Å². The summed E-state index contributed by atoms with van der Waals surface area (Å²) < 4.78 is 47.6. The van der Waals surface area contributed by atoms with Crippen molar-refractivity contribution in [3.63, 3.8) is 0 Å².